The van der Waals surface area contributed by atoms with Gasteiger partial charge in [0.2, 0.25) is 5.89 Å². The van der Waals surface area contributed by atoms with Gasteiger partial charge in [-0.15, -0.1) is 5.10 Å². The summed E-state index contributed by atoms with van der Waals surface area (Å²) >= 11 is 0. The van der Waals surface area contributed by atoms with Crippen LogP contribution in [0.25, 0.3) is 10.9 Å². The van der Waals surface area contributed by atoms with E-state index in [1.165, 1.54) is 16.5 Å². The topological polar surface area (TPSA) is 90.0 Å². The average Bonchev–Trinajstić information content (AvgIpc) is 3.46. The van der Waals surface area contributed by atoms with Gasteiger partial charge in [0.05, 0.1) is 6.04 Å². The van der Waals surface area contributed by atoms with Crippen LogP contribution in [-0.4, -0.2) is 40.2 Å². The van der Waals surface area contributed by atoms with Gasteiger partial charge in [-0.1, -0.05) is 48.5 Å². The lowest BCUT2D eigenvalue weighted by atomic mass is 9.74. The molecule has 33 heavy (non-hydrogen) atoms. The zero-order valence-corrected chi connectivity index (χ0v) is 19.2. The van der Waals surface area contributed by atoms with Gasteiger partial charge in [0.25, 0.3) is 0 Å². The van der Waals surface area contributed by atoms with Crippen molar-refractivity contribution in [2.45, 2.75) is 49.7 Å². The number of benzene rings is 2. The van der Waals surface area contributed by atoms with Crippen molar-refractivity contribution in [3.05, 3.63) is 88.4 Å². The van der Waals surface area contributed by atoms with Gasteiger partial charge in [0.15, 0.2) is 0 Å². The number of fused-ring (bicyclic) bond motifs is 1. The van der Waals surface area contributed by atoms with E-state index in [1.54, 1.807) is 0 Å². The van der Waals surface area contributed by atoms with Gasteiger partial charge in [-0.25, -0.2) is 9.89 Å². The van der Waals surface area contributed by atoms with Crippen LogP contribution in [0.15, 0.2) is 70.0 Å². The minimum atomic E-state index is -0.518. The van der Waals surface area contributed by atoms with E-state index in [2.05, 4.69) is 82.0 Å². The second kappa shape index (κ2) is 9.00. The zero-order valence-electron chi connectivity index (χ0n) is 19.2. The van der Waals surface area contributed by atoms with Crippen LogP contribution in [-0.2, 0) is 12.0 Å². The summed E-state index contributed by atoms with van der Waals surface area (Å²) in [6, 6.07) is 19.2. The second-order valence-electron chi connectivity index (χ2n) is 9.30. The Morgan fingerprint density at radius 1 is 1.12 bits per heavy atom. The van der Waals surface area contributed by atoms with Crippen LogP contribution < -0.4 is 11.1 Å². The first kappa shape index (κ1) is 21.7. The predicted molar refractivity (Wildman–Crippen MR) is 129 cm³/mol. The van der Waals surface area contributed by atoms with Gasteiger partial charge in [0.1, 0.15) is 0 Å². The van der Waals surface area contributed by atoms with E-state index >= 15 is 0 Å². The summed E-state index contributed by atoms with van der Waals surface area (Å²) < 4.78 is 5.39. The Morgan fingerprint density at radius 3 is 2.55 bits per heavy atom. The lowest BCUT2D eigenvalue weighted by molar-refractivity contribution is 0.0823. The fourth-order valence-corrected chi connectivity index (χ4v) is 5.42. The summed E-state index contributed by atoms with van der Waals surface area (Å²) in [5.74, 6) is -0.104. The number of nitrogens with zero attached hydrogens (tertiary/aromatic N) is 2. The molecule has 2 heterocycles. The van der Waals surface area contributed by atoms with Crippen molar-refractivity contribution in [3.8, 4) is 0 Å². The van der Waals surface area contributed by atoms with E-state index in [4.69, 9.17) is 4.42 Å². The lowest BCUT2D eigenvalue weighted by Gasteiger charge is -2.46. The molecule has 0 spiro atoms. The Hall–Kier alpha value is -3.16. The number of nitrogens with one attached hydrogen (secondary N) is 3. The van der Waals surface area contributed by atoms with Crippen molar-refractivity contribution in [2.24, 2.45) is 0 Å². The Bertz CT molecular complexity index is 1250. The van der Waals surface area contributed by atoms with Gasteiger partial charge in [-0.05, 0) is 63.4 Å². The fourth-order valence-electron chi connectivity index (χ4n) is 5.42. The Morgan fingerprint density at radius 2 is 1.85 bits per heavy atom. The normalized spacial score (nSPS) is 22.1. The maximum absolute atomic E-state index is 11.7. The van der Waals surface area contributed by atoms with Gasteiger partial charge in [-0.3, -0.25) is 4.90 Å². The van der Waals surface area contributed by atoms with Crippen LogP contribution in [0.5, 0.6) is 0 Å². The van der Waals surface area contributed by atoms with E-state index < -0.39 is 5.76 Å². The summed E-state index contributed by atoms with van der Waals surface area (Å²) in [6.45, 7) is 0. The smallest absolute Gasteiger partial charge is 0.391 e. The molecule has 172 valence electrons. The van der Waals surface area contributed by atoms with Crippen molar-refractivity contribution in [1.29, 1.82) is 0 Å². The highest BCUT2D eigenvalue weighted by atomic mass is 16.4. The average molecular weight is 446 g/mol. The summed E-state index contributed by atoms with van der Waals surface area (Å²) in [5, 5.41) is 11.5. The van der Waals surface area contributed by atoms with Crippen LogP contribution >= 0.6 is 0 Å². The Balaban J connectivity index is 1.35. The fraction of sp³-hybridized carbons (Fsp3) is 0.385. The summed E-state index contributed by atoms with van der Waals surface area (Å²) in [5.41, 5.74) is 3.70. The zero-order chi connectivity index (χ0) is 22.8. The molecule has 1 aliphatic rings. The second-order valence-corrected chi connectivity index (χ2v) is 9.30. The SMILES string of the molecule is CN(C)C1(c2ccccc2)CCC(N[C@H](Cc2c[nH]c3ccccc23)c2n[nH]c(=O)o2)CC1. The highest BCUT2D eigenvalue weighted by molar-refractivity contribution is 5.83. The highest BCUT2D eigenvalue weighted by Crippen LogP contribution is 2.41. The van der Waals surface area contributed by atoms with E-state index in [0.29, 0.717) is 18.4 Å². The van der Waals surface area contributed by atoms with E-state index in [9.17, 15) is 4.79 Å². The quantitative estimate of drug-likeness (QED) is 0.398. The third-order valence-corrected chi connectivity index (χ3v) is 7.27. The summed E-state index contributed by atoms with van der Waals surface area (Å²) in [6.07, 6.45) is 6.92. The minimum Gasteiger partial charge on any atom is -0.391 e. The van der Waals surface area contributed by atoms with Gasteiger partial charge in [-0.2, -0.15) is 0 Å². The first-order valence-corrected chi connectivity index (χ1v) is 11.6. The molecular weight excluding hydrogens is 414 g/mol. The van der Waals surface area contributed by atoms with E-state index in [1.807, 2.05) is 18.3 Å². The summed E-state index contributed by atoms with van der Waals surface area (Å²) in [7, 11) is 4.36. The molecule has 0 unspecified atom stereocenters. The van der Waals surface area contributed by atoms with Crippen LogP contribution in [0.4, 0.5) is 0 Å². The molecule has 0 radical (unpaired) electrons. The Labute approximate surface area is 193 Å². The third-order valence-electron chi connectivity index (χ3n) is 7.27. The first-order valence-electron chi connectivity index (χ1n) is 11.6. The third kappa shape index (κ3) is 4.26. The highest BCUT2D eigenvalue weighted by Gasteiger charge is 2.39. The first-order chi connectivity index (χ1) is 16.0. The number of H-pyrrole nitrogens is 2. The lowest BCUT2D eigenvalue weighted by Crippen LogP contribution is -2.48. The molecule has 2 aromatic carbocycles. The van der Waals surface area contributed by atoms with Crippen molar-refractivity contribution in [2.75, 3.05) is 14.1 Å². The monoisotopic (exact) mass is 445 g/mol. The number of aromatic amines is 2. The minimum absolute atomic E-state index is 0.0463. The molecule has 0 saturated heterocycles. The van der Waals surface area contributed by atoms with Crippen LogP contribution in [0.1, 0.15) is 48.7 Å². The molecule has 2 aromatic heterocycles. The molecule has 5 rings (SSSR count). The van der Waals surface area contributed by atoms with Crippen LogP contribution in [0.2, 0.25) is 0 Å². The predicted octanol–water partition coefficient (Wildman–Crippen LogP) is 4.12. The van der Waals surface area contributed by atoms with Crippen LogP contribution in [0.3, 0.4) is 0 Å². The largest absolute Gasteiger partial charge is 0.434 e. The number of para-hydroxylation sites is 1. The molecule has 1 atom stereocenters. The van der Waals surface area contributed by atoms with Gasteiger partial charge < -0.3 is 14.7 Å². The molecule has 1 aliphatic carbocycles. The Kier molecular flexibility index (Phi) is 5.91. The molecular formula is C26H31N5O2. The molecule has 0 aliphatic heterocycles. The molecule has 7 nitrogen and oxygen atoms in total. The standard InChI is InChI=1S/C26H31N5O2/c1-31(2)26(19-8-4-3-5-9-19)14-12-20(13-15-26)28-23(24-29-30-25(32)33-24)16-18-17-27-22-11-7-6-10-21(18)22/h3-11,17,20,23,27-28H,12-16H2,1-2H3,(H,30,32)/t20?,23-,26?/m1/s1. The summed E-state index contributed by atoms with van der Waals surface area (Å²) in [4.78, 5) is 17.4. The van der Waals surface area contributed by atoms with Gasteiger partial charge >= 0.3 is 5.76 Å². The van der Waals surface area contributed by atoms with Gasteiger partial charge in [0, 0.05) is 28.7 Å². The molecule has 1 saturated carbocycles. The number of aromatic nitrogens is 3. The number of rotatable bonds is 7. The van der Waals surface area contributed by atoms with E-state index in [-0.39, 0.29) is 11.6 Å². The van der Waals surface area contributed by atoms with E-state index in [0.717, 1.165) is 31.2 Å². The maximum Gasteiger partial charge on any atom is 0.434 e. The van der Waals surface area contributed by atoms with Crippen molar-refractivity contribution in [1.82, 2.24) is 25.4 Å². The molecule has 4 aromatic rings. The molecule has 1 fully saturated rings. The van der Waals surface area contributed by atoms with Crippen molar-refractivity contribution < 1.29 is 4.42 Å². The molecule has 7 heteroatoms. The van der Waals surface area contributed by atoms with Crippen molar-refractivity contribution in [3.63, 3.8) is 0 Å². The maximum atomic E-state index is 11.7. The molecule has 3 N–H and O–H groups in total. The molecule has 0 bridgehead atoms. The molecule has 0 amide bonds. The number of hydrogen-bond donors (Lipinski definition) is 3. The van der Waals surface area contributed by atoms with Crippen molar-refractivity contribution >= 4 is 10.9 Å². The van der Waals surface area contributed by atoms with Crippen LogP contribution in [0, 0.1) is 0 Å². The number of hydrogen-bond acceptors (Lipinski definition) is 5.